The van der Waals surface area contributed by atoms with Gasteiger partial charge in [-0.1, -0.05) is 138 Å². The van der Waals surface area contributed by atoms with Crippen LogP contribution in [0.1, 0.15) is 122 Å². The third-order valence-corrected chi connectivity index (χ3v) is 7.14. The lowest BCUT2D eigenvalue weighted by atomic mass is 10.0. The van der Waals surface area contributed by atoms with E-state index in [1.165, 1.54) is 70.6 Å². The van der Waals surface area contributed by atoms with Gasteiger partial charge >= 0.3 is 0 Å². The Balaban J connectivity index is 3.85. The summed E-state index contributed by atoms with van der Waals surface area (Å²) in [4.78, 5) is 21.1. The van der Waals surface area contributed by atoms with E-state index >= 15 is 0 Å². The van der Waals surface area contributed by atoms with Gasteiger partial charge in [0.2, 0.25) is 0 Å². The molecule has 0 amide bonds. The van der Waals surface area contributed by atoms with Crippen LogP contribution in [0.2, 0.25) is 0 Å². The van der Waals surface area contributed by atoms with E-state index in [1.54, 1.807) is 0 Å². The van der Waals surface area contributed by atoms with Crippen molar-refractivity contribution < 1.29 is 12.6 Å². The molecule has 0 heterocycles. The van der Waals surface area contributed by atoms with Gasteiger partial charge in [-0.3, -0.25) is 4.79 Å². The van der Waals surface area contributed by atoms with Crippen molar-refractivity contribution in [3.63, 3.8) is 0 Å². The smallest absolute Gasteiger partial charge is 0.293 e. The molecule has 0 aromatic rings. The molecule has 0 aromatic heterocycles. The quantitative estimate of drug-likeness (QED) is 0.0114. The Morgan fingerprint density at radius 1 is 0.833 bits per heavy atom. The van der Waals surface area contributed by atoms with Crippen molar-refractivity contribution in [2.24, 2.45) is 5.18 Å². The van der Waals surface area contributed by atoms with Gasteiger partial charge in [0.05, 0.1) is 5.70 Å². The lowest BCUT2D eigenvalue weighted by molar-refractivity contribution is -0.131. The number of allylic oxidation sites excluding steroid dienone is 9. The van der Waals surface area contributed by atoms with E-state index in [9.17, 15) is 9.70 Å². The summed E-state index contributed by atoms with van der Waals surface area (Å²) in [5.74, 6) is 0.769. The maximum atomic E-state index is 10.8. The molecule has 0 aliphatic rings. The van der Waals surface area contributed by atoms with Crippen LogP contribution < -0.4 is 0 Å². The molecule has 0 rings (SSSR count). The van der Waals surface area contributed by atoms with E-state index in [0.717, 1.165) is 44.3 Å². The van der Waals surface area contributed by atoms with Crippen molar-refractivity contribution in [3.05, 3.63) is 95.5 Å². The Morgan fingerprint density at radius 3 is 2.10 bits per heavy atom. The number of carbonyl (C=O) groups is 1. The largest absolute Gasteiger partial charge is 0.460 e. The highest BCUT2D eigenvalue weighted by molar-refractivity contribution is 14.1. The fourth-order valence-electron chi connectivity index (χ4n) is 4.19. The molecule has 6 heteroatoms. The molecule has 0 aromatic carbocycles. The Bertz CT molecular complexity index is 894. The Hall–Kier alpha value is -2.44. The first-order chi connectivity index (χ1) is 20.7. The monoisotopic (exact) mass is 691 g/mol. The topological polar surface area (TPSA) is 65.0 Å². The van der Waals surface area contributed by atoms with E-state index in [1.807, 2.05) is 53.4 Å². The normalized spacial score (nSPS) is 12.4. The van der Waals surface area contributed by atoms with Gasteiger partial charge in [-0.2, -0.15) is 0 Å². The summed E-state index contributed by atoms with van der Waals surface area (Å²) >= 11 is 1.87. The molecule has 42 heavy (non-hydrogen) atoms. The number of nitroso groups, excluding NO2 is 1. The van der Waals surface area contributed by atoms with Gasteiger partial charge in [0.15, 0.2) is 28.8 Å². The molecular weight excluding hydrogens is 637 g/mol. The molecule has 5 nitrogen and oxygen atoms in total. The molecular formula is C36H54INO4. The predicted octanol–water partition coefficient (Wildman–Crippen LogP) is 12.0. The summed E-state index contributed by atoms with van der Waals surface area (Å²) in [6.45, 7) is 6.22. The SMILES string of the molecule is C=C(CCCCCCCCCCCCCC/C=C\C/C=C\C[C@H](/C=C/C=C/C=C=C(C/C=C\CC)OI)OC=O)N=O. The van der Waals surface area contributed by atoms with Crippen LogP contribution in [-0.4, -0.2) is 12.6 Å². The first kappa shape index (κ1) is 39.6. The van der Waals surface area contributed by atoms with Crippen LogP contribution in [0.4, 0.5) is 0 Å². The van der Waals surface area contributed by atoms with Crippen LogP contribution in [0, 0.1) is 4.91 Å². The number of rotatable bonds is 29. The van der Waals surface area contributed by atoms with E-state index in [0.29, 0.717) is 18.6 Å². The van der Waals surface area contributed by atoms with Crippen LogP contribution in [-0.2, 0) is 12.6 Å². The summed E-state index contributed by atoms with van der Waals surface area (Å²) in [7, 11) is 0. The lowest BCUT2D eigenvalue weighted by Crippen LogP contribution is -2.06. The van der Waals surface area contributed by atoms with Crippen LogP contribution in [0.25, 0.3) is 0 Å². The first-order valence-corrected chi connectivity index (χ1v) is 16.7. The number of halogens is 1. The molecule has 0 bridgehead atoms. The Kier molecular flexibility index (Phi) is 31.1. The Morgan fingerprint density at radius 2 is 1.48 bits per heavy atom. The second-order valence-corrected chi connectivity index (χ2v) is 10.7. The fraction of sp³-hybridized carbons (Fsp3) is 0.556. The summed E-state index contributed by atoms with van der Waals surface area (Å²) in [5, 5.41) is 2.87. The van der Waals surface area contributed by atoms with Gasteiger partial charge in [-0.05, 0) is 55.9 Å². The van der Waals surface area contributed by atoms with Crippen molar-refractivity contribution >= 4 is 29.5 Å². The zero-order valence-corrected chi connectivity index (χ0v) is 28.1. The summed E-state index contributed by atoms with van der Waals surface area (Å²) in [6, 6.07) is 0. The average Bonchev–Trinajstić information content (AvgIpc) is 3.00. The lowest BCUT2D eigenvalue weighted by Gasteiger charge is -2.06. The molecule has 234 valence electrons. The molecule has 0 aliphatic carbocycles. The fourth-order valence-corrected chi connectivity index (χ4v) is 4.50. The van der Waals surface area contributed by atoms with Gasteiger partial charge < -0.3 is 7.80 Å². The van der Waals surface area contributed by atoms with E-state index in [4.69, 9.17) is 7.80 Å². The summed E-state index contributed by atoms with van der Waals surface area (Å²) < 4.78 is 10.4. The third kappa shape index (κ3) is 29.1. The van der Waals surface area contributed by atoms with Crippen molar-refractivity contribution in [1.82, 2.24) is 0 Å². The predicted molar refractivity (Wildman–Crippen MR) is 187 cm³/mol. The zero-order valence-electron chi connectivity index (χ0n) is 25.9. The molecule has 0 unspecified atom stereocenters. The number of hydrogen-bond acceptors (Lipinski definition) is 5. The Labute approximate surface area is 270 Å². The third-order valence-electron chi connectivity index (χ3n) is 6.61. The average molecular weight is 692 g/mol. The van der Waals surface area contributed by atoms with Crippen molar-refractivity contribution in [3.8, 4) is 0 Å². The van der Waals surface area contributed by atoms with Gasteiger partial charge in [0.1, 0.15) is 6.10 Å². The summed E-state index contributed by atoms with van der Waals surface area (Å²) in [6.07, 6.45) is 42.4. The van der Waals surface area contributed by atoms with Crippen molar-refractivity contribution in [2.45, 2.75) is 129 Å². The molecule has 0 spiro atoms. The molecule has 0 saturated carbocycles. The number of carbonyl (C=O) groups excluding carboxylic acids is 1. The van der Waals surface area contributed by atoms with Crippen LogP contribution >= 0.6 is 23.0 Å². The molecule has 0 saturated heterocycles. The van der Waals surface area contributed by atoms with E-state index in [-0.39, 0.29) is 6.10 Å². The number of hydrogen-bond donors (Lipinski definition) is 0. The van der Waals surface area contributed by atoms with Crippen molar-refractivity contribution in [2.75, 3.05) is 0 Å². The van der Waals surface area contributed by atoms with E-state index in [2.05, 4.69) is 60.9 Å². The second-order valence-electron chi connectivity index (χ2n) is 10.3. The van der Waals surface area contributed by atoms with Crippen LogP contribution in [0.3, 0.4) is 0 Å². The minimum atomic E-state index is -0.275. The highest BCUT2D eigenvalue weighted by atomic mass is 127. The van der Waals surface area contributed by atoms with Crippen molar-refractivity contribution in [1.29, 1.82) is 0 Å². The van der Waals surface area contributed by atoms with Crippen LogP contribution in [0.5, 0.6) is 0 Å². The maximum absolute atomic E-state index is 10.8. The molecule has 0 aliphatic heterocycles. The van der Waals surface area contributed by atoms with Gasteiger partial charge in [-0.15, -0.1) is 4.91 Å². The molecule has 0 fully saturated rings. The molecule has 0 radical (unpaired) electrons. The summed E-state index contributed by atoms with van der Waals surface area (Å²) in [5.41, 5.74) is 3.59. The number of ether oxygens (including phenoxy) is 1. The highest BCUT2D eigenvalue weighted by Crippen LogP contribution is 2.14. The standard InChI is InChI=1S/C36H54INO4/c1-3-4-23-31-36(42-37)32-27-22-21-26-30-35(41-33-39)29-25-20-18-16-14-12-10-8-6-5-7-9-11-13-15-17-19-24-28-34(2)38-40/h4,14,16,20-23,25-27,30,33,35H,2-3,5-13,15,17-19,24,28-29,31H2,1H3/b16-14-,22-21+,23-4-,25-20-,30-26+/t32?,35-/m1/s1. The zero-order chi connectivity index (χ0) is 30.8. The second kappa shape index (κ2) is 33.1. The number of nitrogens with zero attached hydrogens (tertiary/aromatic N) is 1. The maximum Gasteiger partial charge on any atom is 0.293 e. The first-order valence-electron chi connectivity index (χ1n) is 15.8. The highest BCUT2D eigenvalue weighted by Gasteiger charge is 2.00. The van der Waals surface area contributed by atoms with Crippen LogP contribution in [0.15, 0.2) is 95.8 Å². The van der Waals surface area contributed by atoms with E-state index < -0.39 is 0 Å². The number of unbranched alkanes of at least 4 members (excludes halogenated alkanes) is 12. The molecule has 1 atom stereocenters. The minimum absolute atomic E-state index is 0.275. The van der Waals surface area contributed by atoms with Gasteiger partial charge in [0, 0.05) is 12.8 Å². The van der Waals surface area contributed by atoms with Gasteiger partial charge in [0.25, 0.3) is 6.47 Å². The van der Waals surface area contributed by atoms with Gasteiger partial charge in [-0.25, -0.2) is 0 Å². The minimum Gasteiger partial charge on any atom is -0.460 e. The molecule has 0 N–H and O–H groups in total.